The molecule has 1 N–H and O–H groups in total. The number of hydrogen-bond donors (Lipinski definition) is 1. The summed E-state index contributed by atoms with van der Waals surface area (Å²) in [6, 6.07) is 4.82. The number of methoxy groups -OCH3 is 1. The van der Waals surface area contributed by atoms with Crippen LogP contribution < -0.4 is 10.3 Å². The van der Waals surface area contributed by atoms with Gasteiger partial charge in [0.1, 0.15) is 0 Å². The summed E-state index contributed by atoms with van der Waals surface area (Å²) >= 11 is 0. The second-order valence-electron chi connectivity index (χ2n) is 2.67. The highest BCUT2D eigenvalue weighted by Crippen LogP contribution is 2.17. The zero-order chi connectivity index (χ0) is 9.97. The highest BCUT2D eigenvalue weighted by molar-refractivity contribution is 5.55. The lowest BCUT2D eigenvalue weighted by Crippen LogP contribution is -1.92. The highest BCUT2D eigenvalue weighted by Gasteiger charge is 2.03. The molecule has 2 aromatic heterocycles. The first kappa shape index (κ1) is 8.55. The number of ether oxygens (including phenoxy) is 1. The second kappa shape index (κ2) is 3.37. The minimum Gasteiger partial charge on any atom is -0.481 e. The van der Waals surface area contributed by atoms with Crippen LogP contribution in [0.4, 0.5) is 0 Å². The van der Waals surface area contributed by atoms with Crippen molar-refractivity contribution in [3.8, 4) is 17.2 Å². The summed E-state index contributed by atoms with van der Waals surface area (Å²) in [5, 5.41) is 2.21. The van der Waals surface area contributed by atoms with Gasteiger partial charge in [0.05, 0.1) is 13.2 Å². The Labute approximate surface area is 79.3 Å². The Morgan fingerprint density at radius 2 is 2.36 bits per heavy atom. The van der Waals surface area contributed by atoms with Crippen LogP contribution in [0, 0.1) is 0 Å². The van der Waals surface area contributed by atoms with Crippen molar-refractivity contribution in [3.63, 3.8) is 0 Å². The van der Waals surface area contributed by atoms with Crippen LogP contribution in [0.25, 0.3) is 11.3 Å². The van der Waals surface area contributed by atoms with Crippen molar-refractivity contribution in [2.24, 2.45) is 0 Å². The van der Waals surface area contributed by atoms with E-state index < -0.39 is 0 Å². The molecule has 0 saturated heterocycles. The van der Waals surface area contributed by atoms with Crippen molar-refractivity contribution < 1.29 is 9.26 Å². The lowest BCUT2D eigenvalue weighted by atomic mass is 10.2. The van der Waals surface area contributed by atoms with Crippen LogP contribution in [-0.2, 0) is 0 Å². The predicted molar refractivity (Wildman–Crippen MR) is 49.1 cm³/mol. The van der Waals surface area contributed by atoms with E-state index in [1.54, 1.807) is 25.4 Å². The van der Waals surface area contributed by atoms with E-state index in [2.05, 4.69) is 10.1 Å². The third-order valence-electron chi connectivity index (χ3n) is 1.75. The van der Waals surface area contributed by atoms with Gasteiger partial charge >= 0.3 is 0 Å². The zero-order valence-electron chi connectivity index (χ0n) is 7.48. The van der Waals surface area contributed by atoms with Gasteiger partial charge in [0.15, 0.2) is 5.76 Å². The molecule has 0 aliphatic rings. The maximum atomic E-state index is 10.8. The summed E-state index contributed by atoms with van der Waals surface area (Å²) in [6.07, 6.45) is 1.57. The number of nitrogens with zero attached hydrogens (tertiary/aromatic N) is 1. The van der Waals surface area contributed by atoms with Crippen LogP contribution >= 0.6 is 0 Å². The maximum absolute atomic E-state index is 10.8. The number of nitrogens with one attached hydrogen (secondary N) is 1. The number of pyridine rings is 1. The average Bonchev–Trinajstić information content (AvgIpc) is 2.65. The molecule has 72 valence electrons. The smallest absolute Gasteiger partial charge is 0.280 e. The molecule has 0 aliphatic carbocycles. The first-order valence-electron chi connectivity index (χ1n) is 3.98. The minimum absolute atomic E-state index is 0.268. The normalized spacial score (nSPS) is 10.1. The summed E-state index contributed by atoms with van der Waals surface area (Å²) in [6.45, 7) is 0. The molecule has 0 unspecified atom stereocenters. The van der Waals surface area contributed by atoms with E-state index in [1.165, 1.54) is 6.07 Å². The molecule has 0 radical (unpaired) electrons. The van der Waals surface area contributed by atoms with Crippen molar-refractivity contribution in [3.05, 3.63) is 34.7 Å². The first-order chi connectivity index (χ1) is 6.79. The second-order valence-corrected chi connectivity index (χ2v) is 2.67. The molecule has 2 rings (SSSR count). The van der Waals surface area contributed by atoms with E-state index in [-0.39, 0.29) is 5.56 Å². The summed E-state index contributed by atoms with van der Waals surface area (Å²) in [4.78, 5) is 14.8. The Morgan fingerprint density at radius 1 is 1.50 bits per heavy atom. The van der Waals surface area contributed by atoms with E-state index in [4.69, 9.17) is 9.26 Å². The van der Waals surface area contributed by atoms with Gasteiger partial charge in [-0.2, -0.15) is 5.16 Å². The molecule has 0 aromatic carbocycles. The Kier molecular flexibility index (Phi) is 2.06. The Balaban J connectivity index is 2.38. The molecule has 0 atom stereocenters. The number of aromatic nitrogens is 2. The van der Waals surface area contributed by atoms with Crippen LogP contribution in [0.1, 0.15) is 0 Å². The van der Waals surface area contributed by atoms with Crippen LogP contribution in [0.2, 0.25) is 0 Å². The summed E-state index contributed by atoms with van der Waals surface area (Å²) < 4.78 is 9.80. The minimum atomic E-state index is -0.268. The maximum Gasteiger partial charge on any atom is 0.280 e. The van der Waals surface area contributed by atoms with Gasteiger partial charge in [-0.3, -0.25) is 4.79 Å². The Hall–Kier alpha value is -2.04. The zero-order valence-corrected chi connectivity index (χ0v) is 7.48. The molecule has 0 saturated carbocycles. The Morgan fingerprint density at radius 3 is 2.86 bits per heavy atom. The highest BCUT2D eigenvalue weighted by atomic mass is 16.5. The number of aromatic amines is 1. The quantitative estimate of drug-likeness (QED) is 0.771. The topological polar surface area (TPSA) is 68.1 Å². The average molecular weight is 192 g/mol. The van der Waals surface area contributed by atoms with Gasteiger partial charge in [-0.15, -0.1) is 0 Å². The SMILES string of the molecule is COc1ccc(-c2cc(=O)[nH]o2)cn1. The molecule has 5 nitrogen and oxygen atoms in total. The van der Waals surface area contributed by atoms with Gasteiger partial charge in [-0.05, 0) is 6.07 Å². The van der Waals surface area contributed by atoms with E-state index in [0.29, 0.717) is 11.6 Å². The molecular formula is C9H8N2O3. The van der Waals surface area contributed by atoms with Gasteiger partial charge in [0.2, 0.25) is 5.88 Å². The predicted octanol–water partition coefficient (Wildman–Crippen LogP) is 1.04. The van der Waals surface area contributed by atoms with E-state index in [1.807, 2.05) is 0 Å². The molecule has 2 aromatic rings. The van der Waals surface area contributed by atoms with Crippen LogP contribution in [0.5, 0.6) is 5.88 Å². The van der Waals surface area contributed by atoms with Gasteiger partial charge in [-0.25, -0.2) is 4.98 Å². The molecule has 14 heavy (non-hydrogen) atoms. The van der Waals surface area contributed by atoms with Crippen LogP contribution in [0.15, 0.2) is 33.7 Å². The van der Waals surface area contributed by atoms with E-state index in [9.17, 15) is 4.79 Å². The van der Waals surface area contributed by atoms with E-state index in [0.717, 1.165) is 5.56 Å². The fourth-order valence-corrected chi connectivity index (χ4v) is 1.07. The molecule has 2 heterocycles. The van der Waals surface area contributed by atoms with Crippen molar-refractivity contribution in [2.45, 2.75) is 0 Å². The van der Waals surface area contributed by atoms with Crippen molar-refractivity contribution in [1.29, 1.82) is 0 Å². The van der Waals surface area contributed by atoms with Crippen LogP contribution in [0.3, 0.4) is 0 Å². The van der Waals surface area contributed by atoms with E-state index >= 15 is 0 Å². The largest absolute Gasteiger partial charge is 0.481 e. The molecule has 0 bridgehead atoms. The fourth-order valence-electron chi connectivity index (χ4n) is 1.07. The number of hydrogen-bond acceptors (Lipinski definition) is 4. The molecule has 0 aliphatic heterocycles. The van der Waals surface area contributed by atoms with Gasteiger partial charge in [-0.1, -0.05) is 0 Å². The number of rotatable bonds is 2. The lowest BCUT2D eigenvalue weighted by molar-refractivity contribution is 0.397. The van der Waals surface area contributed by atoms with Gasteiger partial charge in [0.25, 0.3) is 5.56 Å². The molecule has 5 heteroatoms. The third kappa shape index (κ3) is 1.52. The first-order valence-corrected chi connectivity index (χ1v) is 3.98. The van der Waals surface area contributed by atoms with Crippen molar-refractivity contribution >= 4 is 0 Å². The summed E-state index contributed by atoms with van der Waals surface area (Å²) in [7, 11) is 1.54. The summed E-state index contributed by atoms with van der Waals surface area (Å²) in [5.74, 6) is 0.983. The molecule has 0 spiro atoms. The molecule has 0 amide bonds. The van der Waals surface area contributed by atoms with Crippen molar-refractivity contribution in [2.75, 3.05) is 7.11 Å². The third-order valence-corrected chi connectivity index (χ3v) is 1.75. The lowest BCUT2D eigenvalue weighted by Gasteiger charge is -1.98. The Bertz CT molecular complexity index is 469. The standard InChI is InChI=1S/C9H8N2O3/c1-13-9-3-2-6(5-10-9)7-4-8(12)11-14-7/h2-5H,1H3,(H,11,12). The molecular weight excluding hydrogens is 184 g/mol. The molecule has 0 fully saturated rings. The van der Waals surface area contributed by atoms with Crippen molar-refractivity contribution in [1.82, 2.24) is 10.1 Å². The summed E-state index contributed by atoms with van der Waals surface area (Å²) in [5.41, 5.74) is 0.458. The monoisotopic (exact) mass is 192 g/mol. The van der Waals surface area contributed by atoms with Crippen LogP contribution in [-0.4, -0.2) is 17.3 Å². The van der Waals surface area contributed by atoms with Gasteiger partial charge < -0.3 is 9.26 Å². The fraction of sp³-hybridized carbons (Fsp3) is 0.111. The number of H-pyrrole nitrogens is 1. The van der Waals surface area contributed by atoms with Gasteiger partial charge in [0, 0.05) is 17.8 Å².